The molecule has 1 aromatic rings. The van der Waals surface area contributed by atoms with Gasteiger partial charge in [-0.2, -0.15) is 0 Å². The Hall–Kier alpha value is -1.91. The van der Waals surface area contributed by atoms with Crippen molar-refractivity contribution < 1.29 is 19.1 Å². The topological polar surface area (TPSA) is 76.2 Å². The van der Waals surface area contributed by atoms with Gasteiger partial charge in [0.2, 0.25) is 0 Å². The minimum atomic E-state index is -0.390. The summed E-state index contributed by atoms with van der Waals surface area (Å²) in [6, 6.07) is 1.50. The van der Waals surface area contributed by atoms with Crippen LogP contribution in [0.25, 0.3) is 0 Å². The van der Waals surface area contributed by atoms with Crippen LogP contribution >= 0.6 is 0 Å². The molecule has 0 saturated carbocycles. The van der Waals surface area contributed by atoms with Crippen molar-refractivity contribution in [3.8, 4) is 0 Å². The molecule has 17 heavy (non-hydrogen) atoms. The monoisotopic (exact) mass is 237 g/mol. The van der Waals surface area contributed by atoms with Crippen LogP contribution in [0.3, 0.4) is 0 Å². The number of Topliss-reactive ketones (excluding diaryl/α,β-unsaturated/α-hetero) is 2. The third kappa shape index (κ3) is 3.86. The van der Waals surface area contributed by atoms with E-state index in [1.807, 2.05) is 0 Å². The summed E-state index contributed by atoms with van der Waals surface area (Å²) >= 11 is 0. The second-order valence-corrected chi connectivity index (χ2v) is 3.59. The average Bonchev–Trinajstić information content (AvgIpc) is 2.75. The summed E-state index contributed by atoms with van der Waals surface area (Å²) < 4.78 is 4.72. The minimum absolute atomic E-state index is 0.0566. The SMILES string of the molecule is CCOC(=O)CCC(=O)c1cc(C(C)=O)c[nH]1. The van der Waals surface area contributed by atoms with Crippen LogP contribution in [0, 0.1) is 0 Å². The first-order chi connectivity index (χ1) is 8.04. The molecule has 0 unspecified atom stereocenters. The summed E-state index contributed by atoms with van der Waals surface area (Å²) in [4.78, 5) is 36.4. The Labute approximate surface area is 99.2 Å². The molecule has 1 heterocycles. The van der Waals surface area contributed by atoms with Crippen LogP contribution in [0.1, 0.15) is 47.5 Å². The van der Waals surface area contributed by atoms with Gasteiger partial charge >= 0.3 is 5.97 Å². The first kappa shape index (κ1) is 13.2. The van der Waals surface area contributed by atoms with Gasteiger partial charge in [0.05, 0.1) is 18.7 Å². The molecule has 5 nitrogen and oxygen atoms in total. The molecule has 0 spiro atoms. The zero-order valence-electron chi connectivity index (χ0n) is 9.91. The summed E-state index contributed by atoms with van der Waals surface area (Å²) in [6.45, 7) is 3.45. The van der Waals surface area contributed by atoms with Gasteiger partial charge in [-0.25, -0.2) is 0 Å². The predicted octanol–water partition coefficient (Wildman–Crippen LogP) is 1.74. The van der Waals surface area contributed by atoms with E-state index in [0.29, 0.717) is 17.9 Å². The number of ether oxygens (including phenoxy) is 1. The molecule has 1 rings (SSSR count). The fourth-order valence-electron chi connectivity index (χ4n) is 1.34. The number of carbonyl (C=O) groups excluding carboxylic acids is 3. The maximum absolute atomic E-state index is 11.6. The van der Waals surface area contributed by atoms with Crippen LogP contribution in [0.5, 0.6) is 0 Å². The molecular weight excluding hydrogens is 222 g/mol. The van der Waals surface area contributed by atoms with E-state index in [0.717, 1.165) is 0 Å². The molecule has 0 aliphatic rings. The lowest BCUT2D eigenvalue weighted by Gasteiger charge is -2.00. The van der Waals surface area contributed by atoms with Gasteiger partial charge in [0.1, 0.15) is 0 Å². The molecule has 5 heteroatoms. The van der Waals surface area contributed by atoms with Crippen molar-refractivity contribution >= 4 is 17.5 Å². The summed E-state index contributed by atoms with van der Waals surface area (Å²) in [6.07, 6.45) is 1.62. The zero-order chi connectivity index (χ0) is 12.8. The van der Waals surface area contributed by atoms with Crippen molar-refractivity contribution in [1.82, 2.24) is 4.98 Å². The van der Waals surface area contributed by atoms with Crippen LogP contribution in [0.2, 0.25) is 0 Å². The molecule has 0 aliphatic carbocycles. The van der Waals surface area contributed by atoms with Gasteiger partial charge in [-0.1, -0.05) is 0 Å². The maximum atomic E-state index is 11.6. The Bertz CT molecular complexity index is 433. The van der Waals surface area contributed by atoms with Crippen molar-refractivity contribution in [2.24, 2.45) is 0 Å². The smallest absolute Gasteiger partial charge is 0.306 e. The molecule has 0 fully saturated rings. The van der Waals surface area contributed by atoms with Crippen molar-refractivity contribution in [2.75, 3.05) is 6.61 Å². The predicted molar refractivity (Wildman–Crippen MR) is 61.0 cm³/mol. The average molecular weight is 237 g/mol. The van der Waals surface area contributed by atoms with Gasteiger partial charge in [-0.05, 0) is 19.9 Å². The Morgan fingerprint density at radius 3 is 2.53 bits per heavy atom. The van der Waals surface area contributed by atoms with Crippen LogP contribution < -0.4 is 0 Å². The van der Waals surface area contributed by atoms with Crippen molar-refractivity contribution in [3.63, 3.8) is 0 Å². The number of aromatic amines is 1. The minimum Gasteiger partial charge on any atom is -0.466 e. The number of nitrogens with one attached hydrogen (secondary N) is 1. The first-order valence-corrected chi connectivity index (χ1v) is 5.42. The third-order valence-electron chi connectivity index (χ3n) is 2.25. The van der Waals surface area contributed by atoms with Gasteiger partial charge in [0.25, 0.3) is 0 Å². The van der Waals surface area contributed by atoms with Crippen molar-refractivity contribution in [1.29, 1.82) is 0 Å². The van der Waals surface area contributed by atoms with Crippen LogP contribution in [-0.4, -0.2) is 29.1 Å². The fourth-order valence-corrected chi connectivity index (χ4v) is 1.34. The van der Waals surface area contributed by atoms with E-state index in [2.05, 4.69) is 4.98 Å². The Balaban J connectivity index is 2.52. The van der Waals surface area contributed by atoms with E-state index < -0.39 is 0 Å². The summed E-state index contributed by atoms with van der Waals surface area (Å²) in [5, 5.41) is 0. The number of esters is 1. The Morgan fingerprint density at radius 1 is 1.29 bits per heavy atom. The molecule has 0 aliphatic heterocycles. The molecule has 0 amide bonds. The van der Waals surface area contributed by atoms with Crippen LogP contribution in [-0.2, 0) is 9.53 Å². The molecule has 0 saturated heterocycles. The standard InChI is InChI=1S/C12H15NO4/c1-3-17-12(16)5-4-11(15)10-6-9(7-13-10)8(2)14/h6-7,13H,3-5H2,1-2H3. The molecule has 1 N–H and O–H groups in total. The molecule has 0 bridgehead atoms. The quantitative estimate of drug-likeness (QED) is 0.604. The Kier molecular flexibility index (Phi) is 4.63. The highest BCUT2D eigenvalue weighted by molar-refractivity contribution is 6.00. The van der Waals surface area contributed by atoms with Gasteiger partial charge in [0.15, 0.2) is 11.6 Å². The number of ketones is 2. The molecule has 0 radical (unpaired) electrons. The van der Waals surface area contributed by atoms with E-state index in [9.17, 15) is 14.4 Å². The van der Waals surface area contributed by atoms with Crippen molar-refractivity contribution in [2.45, 2.75) is 26.7 Å². The second-order valence-electron chi connectivity index (χ2n) is 3.59. The highest BCUT2D eigenvalue weighted by Crippen LogP contribution is 2.08. The second kappa shape index (κ2) is 5.98. The lowest BCUT2D eigenvalue weighted by molar-refractivity contribution is -0.143. The molecule has 92 valence electrons. The maximum Gasteiger partial charge on any atom is 0.306 e. The first-order valence-electron chi connectivity index (χ1n) is 5.42. The van der Waals surface area contributed by atoms with E-state index in [-0.39, 0.29) is 30.4 Å². The molecule has 0 atom stereocenters. The molecule has 1 aromatic heterocycles. The zero-order valence-corrected chi connectivity index (χ0v) is 9.91. The van der Waals surface area contributed by atoms with Gasteiger partial charge in [-0.3, -0.25) is 14.4 Å². The van der Waals surface area contributed by atoms with Crippen LogP contribution in [0.4, 0.5) is 0 Å². The number of hydrogen-bond acceptors (Lipinski definition) is 4. The summed E-state index contributed by atoms with van der Waals surface area (Å²) in [7, 11) is 0. The summed E-state index contributed by atoms with van der Waals surface area (Å²) in [5.74, 6) is -0.699. The highest BCUT2D eigenvalue weighted by Gasteiger charge is 2.12. The number of rotatable bonds is 6. The highest BCUT2D eigenvalue weighted by atomic mass is 16.5. The van der Waals surface area contributed by atoms with E-state index in [1.54, 1.807) is 6.92 Å². The van der Waals surface area contributed by atoms with Crippen LogP contribution in [0.15, 0.2) is 12.3 Å². The third-order valence-corrected chi connectivity index (χ3v) is 2.25. The molecule has 0 aromatic carbocycles. The normalized spacial score (nSPS) is 10.0. The fraction of sp³-hybridized carbons (Fsp3) is 0.417. The van der Waals surface area contributed by atoms with Crippen molar-refractivity contribution in [3.05, 3.63) is 23.5 Å². The number of carbonyl (C=O) groups is 3. The van der Waals surface area contributed by atoms with E-state index >= 15 is 0 Å². The lowest BCUT2D eigenvalue weighted by Crippen LogP contribution is -2.08. The van der Waals surface area contributed by atoms with Gasteiger partial charge in [0, 0.05) is 18.2 Å². The number of hydrogen-bond donors (Lipinski definition) is 1. The lowest BCUT2D eigenvalue weighted by atomic mass is 10.1. The van der Waals surface area contributed by atoms with E-state index in [1.165, 1.54) is 19.2 Å². The summed E-state index contributed by atoms with van der Waals surface area (Å²) in [5.41, 5.74) is 0.809. The number of aromatic nitrogens is 1. The van der Waals surface area contributed by atoms with Gasteiger partial charge < -0.3 is 9.72 Å². The largest absolute Gasteiger partial charge is 0.466 e. The van der Waals surface area contributed by atoms with Gasteiger partial charge in [-0.15, -0.1) is 0 Å². The Morgan fingerprint density at radius 2 is 2.00 bits per heavy atom. The number of H-pyrrole nitrogens is 1. The van der Waals surface area contributed by atoms with E-state index in [4.69, 9.17) is 4.74 Å². The molecular formula is C12H15NO4.